The molecule has 326 valence electrons. The second-order valence-corrected chi connectivity index (χ2v) is 16.1. The van der Waals surface area contributed by atoms with E-state index in [0.29, 0.717) is 25.9 Å². The van der Waals surface area contributed by atoms with Crippen LogP contribution in [0.25, 0.3) is 0 Å². The predicted molar refractivity (Wildman–Crippen MR) is 241 cm³/mol. The minimum atomic E-state index is -0.878. The number of unbranched alkanes of at least 4 members (excludes halogenated alkanes) is 26. The number of rotatable bonds is 43. The predicted octanol–water partition coefficient (Wildman–Crippen LogP) is 13.9. The van der Waals surface area contributed by atoms with E-state index in [4.69, 9.17) is 4.74 Å². The van der Waals surface area contributed by atoms with Gasteiger partial charge in [0.2, 0.25) is 5.91 Å². The molecule has 0 aliphatic heterocycles. The summed E-state index contributed by atoms with van der Waals surface area (Å²) in [6, 6.07) is -0.671. The van der Waals surface area contributed by atoms with Gasteiger partial charge in [0.25, 0.3) is 0 Å². The zero-order valence-corrected chi connectivity index (χ0v) is 36.8. The molecule has 0 aromatic rings. The molecule has 0 rings (SSSR count). The Bertz CT molecular complexity index is 957. The molecule has 0 aliphatic rings. The first-order chi connectivity index (χ1) is 27.5. The number of carbonyl (C=O) groups excluding carboxylic acids is 2. The molecule has 0 heterocycles. The van der Waals surface area contributed by atoms with Gasteiger partial charge >= 0.3 is 5.97 Å². The summed E-state index contributed by atoms with van der Waals surface area (Å²) in [5.74, 6) is -0.180. The fraction of sp³-hybridized carbons (Fsp3) is 0.800. The van der Waals surface area contributed by atoms with Crippen molar-refractivity contribution in [3.05, 3.63) is 48.6 Å². The van der Waals surface area contributed by atoms with Crippen molar-refractivity contribution >= 4 is 11.9 Å². The number of ether oxygens (including phenoxy) is 1. The minimum Gasteiger partial charge on any atom is -0.466 e. The topological polar surface area (TPSA) is 95.9 Å². The SMILES string of the molecule is CCCCCCCCC/C=C\CCCCCCCC(=O)OCCCCCCCC/C=C\C/C=C\CCC(=O)NC(CO)C(O)/C=C/CCCCCCCCCC. The molecule has 2 unspecified atom stereocenters. The molecule has 0 bridgehead atoms. The standard InChI is InChI=1S/C50H91NO5/c1-3-5-7-9-11-13-15-16-17-18-21-24-28-32-36-40-44-50(55)56-45-41-37-33-29-25-22-19-20-23-27-31-35-39-43-49(54)51-47(46-52)48(53)42-38-34-30-26-14-12-10-8-6-4-2/h17-18,20,23,31,35,38,42,47-48,52-53H,3-16,19,21-22,24-30,32-34,36-37,39-41,43-46H2,1-2H3,(H,51,54)/b18-17-,23-20-,35-31-,42-38+. The minimum absolute atomic E-state index is 0.0274. The second kappa shape index (κ2) is 45.5. The van der Waals surface area contributed by atoms with E-state index in [0.717, 1.165) is 51.4 Å². The zero-order valence-electron chi connectivity index (χ0n) is 36.8. The number of hydrogen-bond acceptors (Lipinski definition) is 5. The van der Waals surface area contributed by atoms with Crippen molar-refractivity contribution in [1.82, 2.24) is 5.32 Å². The molecule has 6 nitrogen and oxygen atoms in total. The number of nitrogens with one attached hydrogen (secondary N) is 1. The van der Waals surface area contributed by atoms with Gasteiger partial charge in [-0.2, -0.15) is 0 Å². The highest BCUT2D eigenvalue weighted by atomic mass is 16.5. The lowest BCUT2D eigenvalue weighted by Gasteiger charge is -2.19. The number of aliphatic hydroxyl groups excluding tert-OH is 2. The largest absolute Gasteiger partial charge is 0.466 e. The van der Waals surface area contributed by atoms with Crippen LogP contribution in [0.5, 0.6) is 0 Å². The van der Waals surface area contributed by atoms with E-state index < -0.39 is 12.1 Å². The third-order valence-corrected chi connectivity index (χ3v) is 10.6. The number of carbonyl (C=O) groups is 2. The van der Waals surface area contributed by atoms with E-state index in [1.54, 1.807) is 6.08 Å². The zero-order chi connectivity index (χ0) is 40.8. The van der Waals surface area contributed by atoms with Crippen LogP contribution in [-0.4, -0.2) is 47.4 Å². The first kappa shape index (κ1) is 53.8. The number of aliphatic hydroxyl groups is 2. The maximum atomic E-state index is 12.3. The van der Waals surface area contributed by atoms with Crippen molar-refractivity contribution in [2.45, 2.75) is 244 Å². The van der Waals surface area contributed by atoms with E-state index in [-0.39, 0.29) is 18.5 Å². The molecule has 0 saturated carbocycles. The van der Waals surface area contributed by atoms with Gasteiger partial charge in [0.1, 0.15) is 0 Å². The highest BCUT2D eigenvalue weighted by molar-refractivity contribution is 5.76. The lowest BCUT2D eigenvalue weighted by Crippen LogP contribution is -2.45. The summed E-state index contributed by atoms with van der Waals surface area (Å²) in [4.78, 5) is 24.3. The number of esters is 1. The van der Waals surface area contributed by atoms with Gasteiger partial charge in [-0.1, -0.05) is 191 Å². The highest BCUT2D eigenvalue weighted by Gasteiger charge is 2.17. The van der Waals surface area contributed by atoms with Crippen molar-refractivity contribution in [1.29, 1.82) is 0 Å². The van der Waals surface area contributed by atoms with Crippen LogP contribution in [-0.2, 0) is 14.3 Å². The van der Waals surface area contributed by atoms with Gasteiger partial charge in [0, 0.05) is 12.8 Å². The molecule has 1 amide bonds. The third-order valence-electron chi connectivity index (χ3n) is 10.6. The molecule has 0 aliphatic carbocycles. The van der Waals surface area contributed by atoms with Gasteiger partial charge in [-0.15, -0.1) is 0 Å². The Balaban J connectivity index is 3.57. The fourth-order valence-corrected chi connectivity index (χ4v) is 6.85. The normalized spacial score (nSPS) is 13.1. The summed E-state index contributed by atoms with van der Waals surface area (Å²) in [6.45, 7) is 4.79. The molecule has 0 spiro atoms. The Labute approximate surface area is 346 Å². The Morgan fingerprint density at radius 1 is 0.500 bits per heavy atom. The lowest BCUT2D eigenvalue weighted by molar-refractivity contribution is -0.143. The molecule has 0 fully saturated rings. The Hall–Kier alpha value is -2.18. The van der Waals surface area contributed by atoms with Gasteiger partial charge in [0.05, 0.1) is 25.4 Å². The van der Waals surface area contributed by atoms with Gasteiger partial charge in [-0.05, 0) is 77.0 Å². The summed E-state index contributed by atoms with van der Waals surface area (Å²) >= 11 is 0. The molecule has 0 aromatic heterocycles. The molecular weight excluding hydrogens is 695 g/mol. The van der Waals surface area contributed by atoms with E-state index in [9.17, 15) is 19.8 Å². The molecular formula is C50H91NO5. The Morgan fingerprint density at radius 3 is 1.41 bits per heavy atom. The van der Waals surface area contributed by atoms with Gasteiger partial charge < -0.3 is 20.3 Å². The van der Waals surface area contributed by atoms with E-state index in [1.807, 2.05) is 12.2 Å². The van der Waals surface area contributed by atoms with Crippen molar-refractivity contribution in [3.8, 4) is 0 Å². The third kappa shape index (κ3) is 41.5. The molecule has 2 atom stereocenters. The maximum Gasteiger partial charge on any atom is 0.305 e. The summed E-state index contributed by atoms with van der Waals surface area (Å²) < 4.78 is 5.44. The Morgan fingerprint density at radius 2 is 0.911 bits per heavy atom. The smallest absolute Gasteiger partial charge is 0.305 e. The van der Waals surface area contributed by atoms with Crippen molar-refractivity contribution < 1.29 is 24.5 Å². The van der Waals surface area contributed by atoms with Crippen LogP contribution < -0.4 is 5.32 Å². The van der Waals surface area contributed by atoms with Crippen LogP contribution in [0.4, 0.5) is 0 Å². The van der Waals surface area contributed by atoms with Crippen LogP contribution >= 0.6 is 0 Å². The average Bonchev–Trinajstić information content (AvgIpc) is 3.20. The van der Waals surface area contributed by atoms with E-state index in [1.165, 1.54) is 148 Å². The molecule has 3 N–H and O–H groups in total. The van der Waals surface area contributed by atoms with Crippen LogP contribution in [0.15, 0.2) is 48.6 Å². The molecule has 0 saturated heterocycles. The monoisotopic (exact) mass is 786 g/mol. The van der Waals surface area contributed by atoms with E-state index >= 15 is 0 Å². The van der Waals surface area contributed by atoms with Crippen LogP contribution in [0, 0.1) is 0 Å². The summed E-state index contributed by atoms with van der Waals surface area (Å²) in [5, 5.41) is 22.8. The van der Waals surface area contributed by atoms with Crippen molar-refractivity contribution in [2.75, 3.05) is 13.2 Å². The van der Waals surface area contributed by atoms with E-state index in [2.05, 4.69) is 49.5 Å². The van der Waals surface area contributed by atoms with Crippen LogP contribution in [0.3, 0.4) is 0 Å². The maximum absolute atomic E-state index is 12.3. The lowest BCUT2D eigenvalue weighted by atomic mass is 10.1. The number of hydrogen-bond donors (Lipinski definition) is 3. The van der Waals surface area contributed by atoms with Crippen LogP contribution in [0.2, 0.25) is 0 Å². The number of amides is 1. The van der Waals surface area contributed by atoms with Crippen molar-refractivity contribution in [2.24, 2.45) is 0 Å². The average molecular weight is 786 g/mol. The van der Waals surface area contributed by atoms with Crippen LogP contribution in [0.1, 0.15) is 232 Å². The first-order valence-electron chi connectivity index (χ1n) is 23.9. The Kier molecular flexibility index (Phi) is 43.7. The van der Waals surface area contributed by atoms with Gasteiger partial charge in [-0.25, -0.2) is 0 Å². The molecule has 6 heteroatoms. The molecule has 56 heavy (non-hydrogen) atoms. The van der Waals surface area contributed by atoms with Gasteiger partial charge in [-0.3, -0.25) is 9.59 Å². The summed E-state index contributed by atoms with van der Waals surface area (Å²) in [5.41, 5.74) is 0. The second-order valence-electron chi connectivity index (χ2n) is 16.1. The fourth-order valence-electron chi connectivity index (χ4n) is 6.85. The first-order valence-corrected chi connectivity index (χ1v) is 23.9. The summed E-state index contributed by atoms with van der Waals surface area (Å²) in [6.07, 6.45) is 55.5. The number of allylic oxidation sites excluding steroid dienone is 7. The van der Waals surface area contributed by atoms with Gasteiger partial charge in [0.15, 0.2) is 0 Å². The quantitative estimate of drug-likeness (QED) is 0.0325. The molecule has 0 aromatic carbocycles. The van der Waals surface area contributed by atoms with Crippen molar-refractivity contribution in [3.63, 3.8) is 0 Å². The summed E-state index contributed by atoms with van der Waals surface area (Å²) in [7, 11) is 0. The molecule has 0 radical (unpaired) electrons. The highest BCUT2D eigenvalue weighted by Crippen LogP contribution is 2.13.